The van der Waals surface area contributed by atoms with Crippen LogP contribution >= 0.6 is 24.0 Å². The molecule has 2 aliphatic heterocycles. The number of nitrogens with zero attached hydrogens (tertiary/aromatic N) is 4. The van der Waals surface area contributed by atoms with E-state index in [0.717, 1.165) is 49.3 Å². The number of para-hydroxylation sites is 1. The van der Waals surface area contributed by atoms with Crippen LogP contribution in [0.25, 0.3) is 0 Å². The quantitative estimate of drug-likeness (QED) is 0.360. The summed E-state index contributed by atoms with van der Waals surface area (Å²) < 4.78 is 8.42. The zero-order valence-corrected chi connectivity index (χ0v) is 20.5. The van der Waals surface area contributed by atoms with Gasteiger partial charge in [0.15, 0.2) is 11.8 Å². The van der Waals surface area contributed by atoms with Gasteiger partial charge in [0.1, 0.15) is 23.7 Å². The Morgan fingerprint density at radius 2 is 2.07 bits per heavy atom. The van der Waals surface area contributed by atoms with Crippen LogP contribution < -0.4 is 15.4 Å². The Kier molecular flexibility index (Phi) is 7.60. The number of aliphatic imine (C=N–C) groups is 1. The highest BCUT2D eigenvalue weighted by Crippen LogP contribution is 2.39. The standard InChI is InChI=1S/C22H32N6O.HI/c1-4-23-21(24-15-20-27-26-19-12-6-5-9-13-28(19)20)25-17-14-22(2,3)29-18-11-8-7-10-16(17)18;/h7-8,10-11,17H,4-6,9,12-15H2,1-3H3,(H2,23,24,25);1H. The van der Waals surface area contributed by atoms with Crippen molar-refractivity contribution in [1.29, 1.82) is 0 Å². The lowest BCUT2D eigenvalue weighted by atomic mass is 9.90. The van der Waals surface area contributed by atoms with Gasteiger partial charge in [-0.3, -0.25) is 0 Å². The van der Waals surface area contributed by atoms with Gasteiger partial charge < -0.3 is 19.9 Å². The molecule has 1 unspecified atom stereocenters. The van der Waals surface area contributed by atoms with E-state index >= 15 is 0 Å². The Balaban J connectivity index is 0.00000256. The number of guanidine groups is 1. The molecule has 164 valence electrons. The number of rotatable bonds is 4. The number of hydrogen-bond acceptors (Lipinski definition) is 4. The minimum Gasteiger partial charge on any atom is -0.487 e. The number of fused-ring (bicyclic) bond motifs is 2. The summed E-state index contributed by atoms with van der Waals surface area (Å²) in [6, 6.07) is 8.39. The smallest absolute Gasteiger partial charge is 0.192 e. The topological polar surface area (TPSA) is 76.4 Å². The van der Waals surface area contributed by atoms with E-state index in [-0.39, 0.29) is 35.6 Å². The number of hydrogen-bond donors (Lipinski definition) is 2. The van der Waals surface area contributed by atoms with Gasteiger partial charge in [-0.1, -0.05) is 24.6 Å². The summed E-state index contributed by atoms with van der Waals surface area (Å²) in [4.78, 5) is 4.84. The summed E-state index contributed by atoms with van der Waals surface area (Å²) in [5, 5.41) is 15.8. The average Bonchev–Trinajstić information content (AvgIpc) is 2.91. The highest BCUT2D eigenvalue weighted by atomic mass is 127. The number of aryl methyl sites for hydroxylation is 1. The van der Waals surface area contributed by atoms with Crippen LogP contribution in [0.4, 0.5) is 0 Å². The molecule has 1 atom stereocenters. The van der Waals surface area contributed by atoms with E-state index in [1.165, 1.54) is 24.8 Å². The first-order valence-electron chi connectivity index (χ1n) is 10.8. The number of ether oxygens (including phenoxy) is 1. The molecule has 0 saturated heterocycles. The monoisotopic (exact) mass is 524 g/mol. The van der Waals surface area contributed by atoms with E-state index < -0.39 is 0 Å². The van der Waals surface area contributed by atoms with Crippen LogP contribution in [0.1, 0.15) is 69.7 Å². The van der Waals surface area contributed by atoms with E-state index in [1.54, 1.807) is 0 Å². The zero-order chi connectivity index (χ0) is 20.3. The van der Waals surface area contributed by atoms with Crippen LogP contribution in [0.5, 0.6) is 5.75 Å². The van der Waals surface area contributed by atoms with Gasteiger partial charge in [0.05, 0.1) is 6.04 Å². The van der Waals surface area contributed by atoms with Gasteiger partial charge in [0, 0.05) is 31.5 Å². The molecular weight excluding hydrogens is 491 g/mol. The number of benzene rings is 1. The van der Waals surface area contributed by atoms with Gasteiger partial charge >= 0.3 is 0 Å². The minimum absolute atomic E-state index is 0. The average molecular weight is 524 g/mol. The molecular formula is C22H33IN6O. The van der Waals surface area contributed by atoms with Crippen molar-refractivity contribution < 1.29 is 4.74 Å². The maximum absolute atomic E-state index is 6.16. The van der Waals surface area contributed by atoms with E-state index in [4.69, 9.17) is 9.73 Å². The molecule has 0 fully saturated rings. The van der Waals surface area contributed by atoms with Gasteiger partial charge in [-0.05, 0) is 39.7 Å². The molecule has 1 aromatic carbocycles. The normalized spacial score (nSPS) is 20.1. The van der Waals surface area contributed by atoms with Crippen LogP contribution in [0.3, 0.4) is 0 Å². The van der Waals surface area contributed by atoms with E-state index in [0.29, 0.717) is 6.54 Å². The third-order valence-electron chi connectivity index (χ3n) is 5.60. The van der Waals surface area contributed by atoms with Crippen molar-refractivity contribution in [2.45, 2.75) is 77.6 Å². The van der Waals surface area contributed by atoms with Crippen molar-refractivity contribution >= 4 is 29.9 Å². The van der Waals surface area contributed by atoms with Crippen molar-refractivity contribution in [2.24, 2.45) is 4.99 Å². The number of aromatic nitrogens is 3. The SMILES string of the molecule is CCNC(=NCc1nnc2n1CCCCC2)NC1CC(C)(C)Oc2ccccc21.I. The van der Waals surface area contributed by atoms with Gasteiger partial charge in [-0.2, -0.15) is 0 Å². The summed E-state index contributed by atoms with van der Waals surface area (Å²) >= 11 is 0. The third-order valence-corrected chi connectivity index (χ3v) is 5.60. The van der Waals surface area contributed by atoms with Crippen LogP contribution in [-0.2, 0) is 19.5 Å². The zero-order valence-electron chi connectivity index (χ0n) is 18.1. The van der Waals surface area contributed by atoms with E-state index in [2.05, 4.69) is 58.3 Å². The largest absolute Gasteiger partial charge is 0.487 e. The van der Waals surface area contributed by atoms with Crippen LogP contribution in [0, 0.1) is 0 Å². The molecule has 0 amide bonds. The van der Waals surface area contributed by atoms with Crippen LogP contribution in [0.2, 0.25) is 0 Å². The van der Waals surface area contributed by atoms with Gasteiger partial charge in [0.25, 0.3) is 0 Å². The molecule has 7 nitrogen and oxygen atoms in total. The first-order chi connectivity index (χ1) is 14.1. The maximum Gasteiger partial charge on any atom is 0.192 e. The molecule has 2 aliphatic rings. The fraction of sp³-hybridized carbons (Fsp3) is 0.591. The minimum atomic E-state index is -0.228. The summed E-state index contributed by atoms with van der Waals surface area (Å²) in [5.41, 5.74) is 0.946. The molecule has 2 aromatic rings. The second kappa shape index (κ2) is 9.98. The first kappa shape index (κ1) is 22.8. The van der Waals surface area contributed by atoms with E-state index in [1.807, 2.05) is 12.1 Å². The second-order valence-corrected chi connectivity index (χ2v) is 8.49. The predicted octanol–water partition coefficient (Wildman–Crippen LogP) is 3.98. The van der Waals surface area contributed by atoms with Crippen molar-refractivity contribution in [3.63, 3.8) is 0 Å². The molecule has 3 heterocycles. The van der Waals surface area contributed by atoms with Gasteiger partial charge in [-0.15, -0.1) is 34.2 Å². The van der Waals surface area contributed by atoms with Crippen LogP contribution in [-0.4, -0.2) is 32.9 Å². The Hall–Kier alpha value is -1.84. The highest BCUT2D eigenvalue weighted by molar-refractivity contribution is 14.0. The van der Waals surface area contributed by atoms with Crippen molar-refractivity contribution in [1.82, 2.24) is 25.4 Å². The molecule has 2 N–H and O–H groups in total. The lowest BCUT2D eigenvalue weighted by molar-refractivity contribution is 0.0694. The van der Waals surface area contributed by atoms with Crippen molar-refractivity contribution in [3.8, 4) is 5.75 Å². The fourth-order valence-electron chi connectivity index (χ4n) is 4.23. The lowest BCUT2D eigenvalue weighted by Gasteiger charge is -2.38. The Bertz CT molecular complexity index is 878. The van der Waals surface area contributed by atoms with Gasteiger partial charge in [0.2, 0.25) is 0 Å². The molecule has 0 bridgehead atoms. The Morgan fingerprint density at radius 1 is 1.23 bits per heavy atom. The molecule has 0 saturated carbocycles. The summed E-state index contributed by atoms with van der Waals surface area (Å²) in [6.07, 6.45) is 5.53. The lowest BCUT2D eigenvalue weighted by Crippen LogP contribution is -2.45. The molecule has 1 aromatic heterocycles. The van der Waals surface area contributed by atoms with Crippen LogP contribution in [0.15, 0.2) is 29.3 Å². The third kappa shape index (κ3) is 5.25. The van der Waals surface area contributed by atoms with Gasteiger partial charge in [-0.25, -0.2) is 4.99 Å². The molecule has 8 heteroatoms. The second-order valence-electron chi connectivity index (χ2n) is 8.49. The van der Waals surface area contributed by atoms with Crippen molar-refractivity contribution in [2.75, 3.05) is 6.54 Å². The number of halogens is 1. The molecule has 0 spiro atoms. The molecule has 0 aliphatic carbocycles. The molecule has 4 rings (SSSR count). The highest BCUT2D eigenvalue weighted by Gasteiger charge is 2.34. The first-order valence-corrected chi connectivity index (χ1v) is 10.8. The molecule has 30 heavy (non-hydrogen) atoms. The summed E-state index contributed by atoms with van der Waals surface area (Å²) in [7, 11) is 0. The Morgan fingerprint density at radius 3 is 2.90 bits per heavy atom. The predicted molar refractivity (Wildman–Crippen MR) is 129 cm³/mol. The summed E-state index contributed by atoms with van der Waals surface area (Å²) in [5.74, 6) is 3.80. The van der Waals surface area contributed by atoms with E-state index in [9.17, 15) is 0 Å². The maximum atomic E-state index is 6.16. The van der Waals surface area contributed by atoms with Crippen molar-refractivity contribution in [3.05, 3.63) is 41.5 Å². The fourth-order valence-corrected chi connectivity index (χ4v) is 4.23. The number of nitrogens with one attached hydrogen (secondary N) is 2. The Labute approximate surface area is 196 Å². The summed E-state index contributed by atoms with van der Waals surface area (Å²) in [6.45, 7) is 8.68. The molecule has 0 radical (unpaired) electrons.